The zero-order valence-corrected chi connectivity index (χ0v) is 16.8. The number of carbonyl (C=O) groups excluding carboxylic acids is 2. The van der Waals surface area contributed by atoms with Gasteiger partial charge < -0.3 is 10.1 Å². The largest absolute Gasteiger partial charge is 0.452 e. The maximum absolute atomic E-state index is 12.5. The van der Waals surface area contributed by atoms with Crippen LogP contribution in [0.5, 0.6) is 0 Å². The third-order valence-electron chi connectivity index (χ3n) is 4.50. The van der Waals surface area contributed by atoms with Gasteiger partial charge in [-0.15, -0.1) is 0 Å². The van der Waals surface area contributed by atoms with Crippen LogP contribution >= 0.6 is 0 Å². The topological polar surface area (TPSA) is 73.2 Å². The lowest BCUT2D eigenvalue weighted by atomic mass is 10.1. The maximum Gasteiger partial charge on any atom is 0.342 e. The van der Waals surface area contributed by atoms with Crippen LogP contribution in [0.25, 0.3) is 0 Å². The van der Waals surface area contributed by atoms with Crippen molar-refractivity contribution in [2.75, 3.05) is 6.61 Å². The first-order valence-electron chi connectivity index (χ1n) is 9.37. The van der Waals surface area contributed by atoms with Crippen molar-refractivity contribution in [2.24, 2.45) is 0 Å². The Balaban J connectivity index is 2.01. The monoisotopic (exact) mass is 371 g/mol. The number of benzene rings is 1. The van der Waals surface area contributed by atoms with Crippen LogP contribution < -0.4 is 5.32 Å². The van der Waals surface area contributed by atoms with E-state index in [4.69, 9.17) is 4.74 Å². The first-order valence-corrected chi connectivity index (χ1v) is 9.37. The second-order valence-electron chi connectivity index (χ2n) is 7.02. The minimum atomic E-state index is -0.515. The van der Waals surface area contributed by atoms with Crippen LogP contribution in [0.1, 0.15) is 59.6 Å². The molecule has 1 N–H and O–H groups in total. The molecular formula is C21H29N3O3. The summed E-state index contributed by atoms with van der Waals surface area (Å²) < 4.78 is 7.00. The summed E-state index contributed by atoms with van der Waals surface area (Å²) in [6, 6.07) is 8.27. The van der Waals surface area contributed by atoms with E-state index in [1.807, 2.05) is 45.0 Å². The van der Waals surface area contributed by atoms with Crippen LogP contribution in [-0.2, 0) is 16.1 Å². The van der Waals surface area contributed by atoms with Gasteiger partial charge in [-0.25, -0.2) is 4.79 Å². The molecule has 0 saturated heterocycles. The van der Waals surface area contributed by atoms with Crippen molar-refractivity contribution in [3.63, 3.8) is 0 Å². The van der Waals surface area contributed by atoms with Crippen molar-refractivity contribution in [2.45, 2.75) is 60.0 Å². The minimum Gasteiger partial charge on any atom is -0.452 e. The second kappa shape index (κ2) is 9.35. The van der Waals surface area contributed by atoms with E-state index in [0.717, 1.165) is 24.1 Å². The van der Waals surface area contributed by atoms with Crippen LogP contribution in [0.4, 0.5) is 0 Å². The standard InChI is InChI=1S/C21H29N3O3/c1-6-7-15(3)22-19(25)13-27-21(26)20-16(4)23-24(17(20)5)12-18-10-8-14(2)9-11-18/h8-11,15H,6-7,12-13H2,1-5H3,(H,22,25)/t15-/m0/s1. The lowest BCUT2D eigenvalue weighted by Gasteiger charge is -2.12. The number of carbonyl (C=O) groups is 2. The lowest BCUT2D eigenvalue weighted by Crippen LogP contribution is -2.35. The average molecular weight is 371 g/mol. The van der Waals surface area contributed by atoms with Gasteiger partial charge in [0.15, 0.2) is 6.61 Å². The van der Waals surface area contributed by atoms with E-state index >= 15 is 0 Å². The van der Waals surface area contributed by atoms with Gasteiger partial charge in [0.2, 0.25) is 0 Å². The molecule has 1 atom stereocenters. The molecule has 0 saturated carbocycles. The number of rotatable bonds is 8. The summed E-state index contributed by atoms with van der Waals surface area (Å²) in [5, 5.41) is 7.29. The molecule has 6 nitrogen and oxygen atoms in total. The van der Waals surface area contributed by atoms with Gasteiger partial charge in [0, 0.05) is 6.04 Å². The minimum absolute atomic E-state index is 0.0712. The SMILES string of the molecule is CCC[C@H](C)NC(=O)COC(=O)c1c(C)nn(Cc2ccc(C)cc2)c1C. The number of aryl methyl sites for hydroxylation is 2. The quantitative estimate of drug-likeness (QED) is 0.723. The molecule has 0 unspecified atom stereocenters. The predicted molar refractivity (Wildman–Crippen MR) is 105 cm³/mol. The van der Waals surface area contributed by atoms with E-state index in [1.54, 1.807) is 11.6 Å². The Hall–Kier alpha value is -2.63. The zero-order valence-electron chi connectivity index (χ0n) is 16.8. The number of aromatic nitrogens is 2. The predicted octanol–water partition coefficient (Wildman–Crippen LogP) is 3.32. The molecule has 2 rings (SSSR count). The van der Waals surface area contributed by atoms with E-state index < -0.39 is 5.97 Å². The van der Waals surface area contributed by atoms with Crippen molar-refractivity contribution in [1.82, 2.24) is 15.1 Å². The van der Waals surface area contributed by atoms with Crippen molar-refractivity contribution in [3.8, 4) is 0 Å². The van der Waals surface area contributed by atoms with Crippen LogP contribution in [0.15, 0.2) is 24.3 Å². The molecule has 2 aromatic rings. The Morgan fingerprint density at radius 3 is 2.48 bits per heavy atom. The highest BCUT2D eigenvalue weighted by Gasteiger charge is 2.21. The van der Waals surface area contributed by atoms with Crippen molar-refractivity contribution < 1.29 is 14.3 Å². The summed E-state index contributed by atoms with van der Waals surface area (Å²) in [7, 11) is 0. The molecule has 1 aromatic heterocycles. The highest BCUT2D eigenvalue weighted by Crippen LogP contribution is 2.16. The van der Waals surface area contributed by atoms with E-state index in [-0.39, 0.29) is 18.6 Å². The number of nitrogens with one attached hydrogen (secondary N) is 1. The van der Waals surface area contributed by atoms with E-state index in [2.05, 4.69) is 17.3 Å². The first kappa shape index (κ1) is 20.7. The van der Waals surface area contributed by atoms with Crippen molar-refractivity contribution in [1.29, 1.82) is 0 Å². The summed E-state index contributed by atoms with van der Waals surface area (Å²) in [5.74, 6) is -0.801. The first-order chi connectivity index (χ1) is 12.8. The highest BCUT2D eigenvalue weighted by atomic mass is 16.5. The van der Waals surface area contributed by atoms with E-state index in [1.165, 1.54) is 5.56 Å². The summed E-state index contributed by atoms with van der Waals surface area (Å²) in [4.78, 5) is 24.4. The van der Waals surface area contributed by atoms with Gasteiger partial charge in [0.05, 0.1) is 17.9 Å². The number of hydrogen-bond donors (Lipinski definition) is 1. The normalized spacial score (nSPS) is 11.9. The Labute approximate surface area is 160 Å². The van der Waals surface area contributed by atoms with Crippen molar-refractivity contribution in [3.05, 3.63) is 52.3 Å². The third-order valence-corrected chi connectivity index (χ3v) is 4.50. The van der Waals surface area contributed by atoms with Gasteiger partial charge in [-0.05, 0) is 39.7 Å². The van der Waals surface area contributed by atoms with Gasteiger partial charge in [-0.1, -0.05) is 43.2 Å². The molecule has 146 valence electrons. The van der Waals surface area contributed by atoms with Crippen LogP contribution in [0.3, 0.4) is 0 Å². The Bertz CT molecular complexity index is 794. The second-order valence-corrected chi connectivity index (χ2v) is 7.02. The molecular weight excluding hydrogens is 342 g/mol. The molecule has 0 radical (unpaired) electrons. The van der Waals surface area contributed by atoms with Gasteiger partial charge in [0.1, 0.15) is 5.56 Å². The van der Waals surface area contributed by atoms with Gasteiger partial charge in [0.25, 0.3) is 5.91 Å². The van der Waals surface area contributed by atoms with Gasteiger partial charge >= 0.3 is 5.97 Å². The van der Waals surface area contributed by atoms with E-state index in [0.29, 0.717) is 17.8 Å². The highest BCUT2D eigenvalue weighted by molar-refractivity contribution is 5.93. The number of hydrogen-bond acceptors (Lipinski definition) is 4. The van der Waals surface area contributed by atoms with Gasteiger partial charge in [-0.2, -0.15) is 5.10 Å². The zero-order chi connectivity index (χ0) is 20.0. The maximum atomic E-state index is 12.5. The van der Waals surface area contributed by atoms with Crippen LogP contribution in [0, 0.1) is 20.8 Å². The van der Waals surface area contributed by atoms with Crippen LogP contribution in [-0.4, -0.2) is 34.3 Å². The smallest absolute Gasteiger partial charge is 0.342 e. The molecule has 0 bridgehead atoms. The molecule has 1 heterocycles. The third kappa shape index (κ3) is 5.67. The molecule has 27 heavy (non-hydrogen) atoms. The Morgan fingerprint density at radius 1 is 1.19 bits per heavy atom. The van der Waals surface area contributed by atoms with Gasteiger partial charge in [-0.3, -0.25) is 9.48 Å². The molecule has 0 aliphatic carbocycles. The summed E-state index contributed by atoms with van der Waals surface area (Å²) >= 11 is 0. The summed E-state index contributed by atoms with van der Waals surface area (Å²) in [5.41, 5.74) is 4.07. The Kier molecular flexibility index (Phi) is 7.16. The fraction of sp³-hybridized carbons (Fsp3) is 0.476. The summed E-state index contributed by atoms with van der Waals surface area (Å²) in [6.07, 6.45) is 1.88. The lowest BCUT2D eigenvalue weighted by molar-refractivity contribution is -0.124. The summed E-state index contributed by atoms with van der Waals surface area (Å²) in [6.45, 7) is 9.95. The number of nitrogens with zero attached hydrogens (tertiary/aromatic N) is 2. The molecule has 0 spiro atoms. The van der Waals surface area contributed by atoms with Crippen molar-refractivity contribution >= 4 is 11.9 Å². The molecule has 1 aromatic carbocycles. The molecule has 1 amide bonds. The fourth-order valence-corrected chi connectivity index (χ4v) is 3.04. The molecule has 0 fully saturated rings. The fourth-order valence-electron chi connectivity index (χ4n) is 3.04. The number of ether oxygens (including phenoxy) is 1. The molecule has 6 heteroatoms. The Morgan fingerprint density at radius 2 is 1.85 bits per heavy atom. The number of amides is 1. The molecule has 0 aliphatic rings. The number of esters is 1. The average Bonchev–Trinajstić information content (AvgIpc) is 2.88. The van der Waals surface area contributed by atoms with E-state index in [9.17, 15) is 9.59 Å². The molecule has 0 aliphatic heterocycles. The van der Waals surface area contributed by atoms with Crippen LogP contribution in [0.2, 0.25) is 0 Å².